The summed E-state index contributed by atoms with van der Waals surface area (Å²) < 4.78 is 0. The average molecular weight is 252 g/mol. The Kier molecular flexibility index (Phi) is 5.48. The summed E-state index contributed by atoms with van der Waals surface area (Å²) in [7, 11) is 0. The molecule has 0 aromatic rings. The number of rotatable bonds is 7. The zero-order valence-corrected chi connectivity index (χ0v) is 11.7. The summed E-state index contributed by atoms with van der Waals surface area (Å²) >= 11 is 0. The van der Waals surface area contributed by atoms with Crippen LogP contribution in [0.1, 0.15) is 51.9 Å². The van der Waals surface area contributed by atoms with Crippen LogP contribution < -0.4 is 10.6 Å². The minimum atomic E-state index is 0.254. The molecule has 1 amide bonds. The van der Waals surface area contributed by atoms with Crippen molar-refractivity contribution in [2.45, 2.75) is 51.9 Å². The highest BCUT2D eigenvalue weighted by Crippen LogP contribution is 2.33. The van der Waals surface area contributed by atoms with Crippen molar-refractivity contribution in [1.82, 2.24) is 10.6 Å². The van der Waals surface area contributed by atoms with Crippen LogP contribution in [0.25, 0.3) is 0 Å². The van der Waals surface area contributed by atoms with Crippen LogP contribution >= 0.6 is 0 Å². The van der Waals surface area contributed by atoms with Gasteiger partial charge in [-0.2, -0.15) is 0 Å². The van der Waals surface area contributed by atoms with E-state index in [0.717, 1.165) is 32.0 Å². The van der Waals surface area contributed by atoms with Crippen molar-refractivity contribution in [3.63, 3.8) is 0 Å². The first-order valence-corrected chi connectivity index (χ1v) is 7.73. The zero-order chi connectivity index (χ0) is 12.8. The van der Waals surface area contributed by atoms with E-state index in [0.29, 0.717) is 18.3 Å². The van der Waals surface area contributed by atoms with Gasteiger partial charge in [0.2, 0.25) is 5.91 Å². The molecule has 0 bridgehead atoms. The average Bonchev–Trinajstić information content (AvgIpc) is 3.20. The second-order valence-electron chi connectivity index (χ2n) is 6.22. The van der Waals surface area contributed by atoms with Crippen LogP contribution in [0.3, 0.4) is 0 Å². The molecule has 2 fully saturated rings. The van der Waals surface area contributed by atoms with E-state index in [1.807, 2.05) is 0 Å². The van der Waals surface area contributed by atoms with E-state index >= 15 is 0 Å². The first kappa shape index (κ1) is 13.9. The largest absolute Gasteiger partial charge is 0.356 e. The summed E-state index contributed by atoms with van der Waals surface area (Å²) in [5, 5.41) is 6.51. The molecular weight excluding hydrogens is 224 g/mol. The summed E-state index contributed by atoms with van der Waals surface area (Å²) in [6.07, 6.45) is 8.55. The van der Waals surface area contributed by atoms with Gasteiger partial charge in [-0.25, -0.2) is 0 Å². The van der Waals surface area contributed by atoms with Gasteiger partial charge in [-0.05, 0) is 56.5 Å². The number of hydrogen-bond acceptors (Lipinski definition) is 2. The standard InChI is InChI=1S/C15H28N2O/c1-12(14-5-3-8-16-11-14)10-15(18)17-9-2-4-13-6-7-13/h12-14,16H,2-11H2,1H3,(H,17,18). The highest BCUT2D eigenvalue weighted by atomic mass is 16.1. The summed E-state index contributed by atoms with van der Waals surface area (Å²) in [5.74, 6) is 2.44. The third-order valence-electron chi connectivity index (χ3n) is 4.46. The fourth-order valence-electron chi connectivity index (χ4n) is 2.92. The molecular formula is C15H28N2O. The Balaban J connectivity index is 1.54. The van der Waals surface area contributed by atoms with Crippen LogP contribution in [0, 0.1) is 17.8 Å². The van der Waals surface area contributed by atoms with E-state index in [2.05, 4.69) is 17.6 Å². The van der Waals surface area contributed by atoms with Crippen LogP contribution in [0.2, 0.25) is 0 Å². The summed E-state index contributed by atoms with van der Waals surface area (Å²) in [6.45, 7) is 5.35. The molecule has 0 aromatic carbocycles. The van der Waals surface area contributed by atoms with Crippen LogP contribution in [0.15, 0.2) is 0 Å². The summed E-state index contributed by atoms with van der Waals surface area (Å²) in [4.78, 5) is 11.8. The predicted molar refractivity (Wildman–Crippen MR) is 74.3 cm³/mol. The van der Waals surface area contributed by atoms with Crippen LogP contribution in [-0.4, -0.2) is 25.5 Å². The van der Waals surface area contributed by atoms with Crippen molar-refractivity contribution in [1.29, 1.82) is 0 Å². The molecule has 3 nitrogen and oxygen atoms in total. The lowest BCUT2D eigenvalue weighted by Gasteiger charge is -2.28. The highest BCUT2D eigenvalue weighted by Gasteiger charge is 2.22. The molecule has 2 N–H and O–H groups in total. The first-order valence-electron chi connectivity index (χ1n) is 7.73. The molecule has 0 radical (unpaired) electrons. The Labute approximate surface area is 111 Å². The lowest BCUT2D eigenvalue weighted by Crippen LogP contribution is -2.35. The third-order valence-corrected chi connectivity index (χ3v) is 4.46. The van der Waals surface area contributed by atoms with Gasteiger partial charge in [0.1, 0.15) is 0 Å². The van der Waals surface area contributed by atoms with E-state index < -0.39 is 0 Å². The molecule has 2 atom stereocenters. The molecule has 0 aromatic heterocycles. The molecule has 1 heterocycles. The summed E-state index contributed by atoms with van der Waals surface area (Å²) in [5.41, 5.74) is 0. The van der Waals surface area contributed by atoms with Crippen molar-refractivity contribution in [3.05, 3.63) is 0 Å². The van der Waals surface area contributed by atoms with E-state index in [4.69, 9.17) is 0 Å². The van der Waals surface area contributed by atoms with Gasteiger partial charge < -0.3 is 10.6 Å². The van der Waals surface area contributed by atoms with E-state index in [-0.39, 0.29) is 5.91 Å². The number of nitrogens with one attached hydrogen (secondary N) is 2. The number of amides is 1. The number of hydrogen-bond donors (Lipinski definition) is 2. The third kappa shape index (κ3) is 4.97. The second-order valence-corrected chi connectivity index (χ2v) is 6.22. The molecule has 3 heteroatoms. The molecule has 1 aliphatic heterocycles. The lowest BCUT2D eigenvalue weighted by atomic mass is 9.85. The van der Waals surface area contributed by atoms with Gasteiger partial charge in [-0.15, -0.1) is 0 Å². The molecule has 1 aliphatic carbocycles. The van der Waals surface area contributed by atoms with E-state index in [1.165, 1.54) is 32.1 Å². The molecule has 1 saturated heterocycles. The predicted octanol–water partition coefficient (Wildman–Crippen LogP) is 2.32. The van der Waals surface area contributed by atoms with Crippen LogP contribution in [0.5, 0.6) is 0 Å². The molecule has 1 saturated carbocycles. The normalized spacial score (nSPS) is 25.7. The van der Waals surface area contributed by atoms with Crippen molar-refractivity contribution in [2.24, 2.45) is 17.8 Å². The monoisotopic (exact) mass is 252 g/mol. The SMILES string of the molecule is CC(CC(=O)NCCCC1CC1)C1CCCNC1. The summed E-state index contributed by atoms with van der Waals surface area (Å²) in [6, 6.07) is 0. The fraction of sp³-hybridized carbons (Fsp3) is 0.933. The second kappa shape index (κ2) is 7.13. The topological polar surface area (TPSA) is 41.1 Å². The van der Waals surface area contributed by atoms with Gasteiger partial charge in [-0.1, -0.05) is 19.8 Å². The molecule has 2 rings (SSSR count). The molecule has 2 unspecified atom stereocenters. The van der Waals surface area contributed by atoms with E-state index in [9.17, 15) is 4.79 Å². The Hall–Kier alpha value is -0.570. The van der Waals surface area contributed by atoms with Gasteiger partial charge in [-0.3, -0.25) is 4.79 Å². The maximum absolute atomic E-state index is 11.8. The molecule has 2 aliphatic rings. The number of piperidine rings is 1. The number of carbonyl (C=O) groups excluding carboxylic acids is 1. The minimum Gasteiger partial charge on any atom is -0.356 e. The maximum Gasteiger partial charge on any atom is 0.220 e. The number of carbonyl (C=O) groups is 1. The van der Waals surface area contributed by atoms with Gasteiger partial charge in [0.15, 0.2) is 0 Å². The smallest absolute Gasteiger partial charge is 0.220 e. The minimum absolute atomic E-state index is 0.254. The van der Waals surface area contributed by atoms with Gasteiger partial charge in [0.25, 0.3) is 0 Å². The Morgan fingerprint density at radius 3 is 2.89 bits per heavy atom. The van der Waals surface area contributed by atoms with Crippen molar-refractivity contribution in [2.75, 3.05) is 19.6 Å². The van der Waals surface area contributed by atoms with Crippen molar-refractivity contribution < 1.29 is 4.79 Å². The first-order chi connectivity index (χ1) is 8.75. The quantitative estimate of drug-likeness (QED) is 0.683. The van der Waals surface area contributed by atoms with Gasteiger partial charge >= 0.3 is 0 Å². The van der Waals surface area contributed by atoms with E-state index in [1.54, 1.807) is 0 Å². The molecule has 18 heavy (non-hydrogen) atoms. The molecule has 104 valence electrons. The van der Waals surface area contributed by atoms with Crippen molar-refractivity contribution in [3.8, 4) is 0 Å². The molecule has 0 spiro atoms. The Morgan fingerprint density at radius 2 is 2.22 bits per heavy atom. The Morgan fingerprint density at radius 1 is 1.39 bits per heavy atom. The van der Waals surface area contributed by atoms with Gasteiger partial charge in [0, 0.05) is 13.0 Å². The maximum atomic E-state index is 11.8. The van der Waals surface area contributed by atoms with Crippen LogP contribution in [0.4, 0.5) is 0 Å². The Bertz CT molecular complexity index is 257. The van der Waals surface area contributed by atoms with Crippen molar-refractivity contribution >= 4 is 5.91 Å². The van der Waals surface area contributed by atoms with Gasteiger partial charge in [0.05, 0.1) is 0 Å². The lowest BCUT2D eigenvalue weighted by molar-refractivity contribution is -0.122. The van der Waals surface area contributed by atoms with Crippen LogP contribution in [-0.2, 0) is 4.79 Å². The zero-order valence-electron chi connectivity index (χ0n) is 11.7. The fourth-order valence-corrected chi connectivity index (χ4v) is 2.92. The highest BCUT2D eigenvalue weighted by molar-refractivity contribution is 5.76.